The van der Waals surface area contributed by atoms with Crippen LogP contribution in [0.25, 0.3) is 5.69 Å². The monoisotopic (exact) mass is 397 g/mol. The fourth-order valence-electron chi connectivity index (χ4n) is 3.91. The van der Waals surface area contributed by atoms with Crippen LogP contribution in [0.15, 0.2) is 30.3 Å². The number of carbonyl (C=O) groups is 2. The predicted molar refractivity (Wildman–Crippen MR) is 114 cm³/mol. The third-order valence-electron chi connectivity index (χ3n) is 5.46. The smallest absolute Gasteiger partial charge is 0.320 e. The highest BCUT2D eigenvalue weighted by Crippen LogP contribution is 2.22. The molecule has 3 amide bonds. The van der Waals surface area contributed by atoms with E-state index in [1.807, 2.05) is 67.6 Å². The van der Waals surface area contributed by atoms with Crippen molar-refractivity contribution < 1.29 is 9.59 Å². The van der Waals surface area contributed by atoms with Crippen molar-refractivity contribution in [3.63, 3.8) is 0 Å². The van der Waals surface area contributed by atoms with Crippen LogP contribution in [0.1, 0.15) is 38.1 Å². The highest BCUT2D eigenvalue weighted by Gasteiger charge is 2.30. The number of hydrogen-bond acceptors (Lipinski definition) is 3. The minimum Gasteiger partial charge on any atom is -0.326 e. The molecule has 0 radical (unpaired) electrons. The van der Waals surface area contributed by atoms with Gasteiger partial charge in [0.05, 0.1) is 17.3 Å². The Morgan fingerprint density at radius 2 is 1.97 bits per heavy atom. The lowest BCUT2D eigenvalue weighted by Gasteiger charge is -2.35. The Morgan fingerprint density at radius 3 is 2.62 bits per heavy atom. The van der Waals surface area contributed by atoms with Crippen LogP contribution in [0.2, 0.25) is 0 Å². The first-order valence-corrected chi connectivity index (χ1v) is 10.4. The number of amides is 3. The summed E-state index contributed by atoms with van der Waals surface area (Å²) in [6.45, 7) is 10.5. The minimum absolute atomic E-state index is 0.0269. The van der Waals surface area contributed by atoms with E-state index in [9.17, 15) is 9.59 Å². The van der Waals surface area contributed by atoms with Crippen LogP contribution in [0.4, 0.5) is 10.5 Å². The van der Waals surface area contributed by atoms with Gasteiger partial charge >= 0.3 is 6.03 Å². The third kappa shape index (κ3) is 4.78. The number of likely N-dealkylation sites (tertiary alicyclic amines) is 1. The summed E-state index contributed by atoms with van der Waals surface area (Å²) in [4.78, 5) is 29.1. The molecular weight excluding hydrogens is 366 g/mol. The summed E-state index contributed by atoms with van der Waals surface area (Å²) >= 11 is 0. The number of anilines is 1. The maximum atomic E-state index is 12.9. The molecule has 156 valence electrons. The van der Waals surface area contributed by atoms with E-state index in [0.717, 1.165) is 35.6 Å². The molecule has 7 nitrogen and oxygen atoms in total. The van der Waals surface area contributed by atoms with E-state index >= 15 is 0 Å². The number of carbonyl (C=O) groups excluding carboxylic acids is 2. The summed E-state index contributed by atoms with van der Waals surface area (Å²) in [5, 5.41) is 7.54. The van der Waals surface area contributed by atoms with Crippen LogP contribution in [-0.4, -0.2) is 57.7 Å². The molecule has 29 heavy (non-hydrogen) atoms. The van der Waals surface area contributed by atoms with Crippen molar-refractivity contribution in [2.45, 2.75) is 40.5 Å². The fraction of sp³-hybridized carbons (Fsp3) is 0.500. The summed E-state index contributed by atoms with van der Waals surface area (Å²) in [5.41, 5.74) is 3.66. The number of urea groups is 1. The molecule has 0 bridgehead atoms. The predicted octanol–water partition coefficient (Wildman–Crippen LogP) is 3.60. The molecule has 3 rings (SSSR count). The zero-order valence-electron chi connectivity index (χ0n) is 17.8. The summed E-state index contributed by atoms with van der Waals surface area (Å²) < 4.78 is 1.87. The van der Waals surface area contributed by atoms with Gasteiger partial charge in [-0.3, -0.25) is 4.79 Å². The van der Waals surface area contributed by atoms with Crippen molar-refractivity contribution in [1.82, 2.24) is 19.6 Å². The topological polar surface area (TPSA) is 70.5 Å². The Labute approximate surface area is 172 Å². The molecular formula is C22H31N5O2. The molecule has 1 aromatic carbocycles. The molecule has 1 saturated heterocycles. The molecule has 1 N–H and O–H groups in total. The van der Waals surface area contributed by atoms with E-state index in [4.69, 9.17) is 0 Å². The summed E-state index contributed by atoms with van der Waals surface area (Å²) in [5.74, 6) is -0.229. The van der Waals surface area contributed by atoms with Gasteiger partial charge in [-0.25, -0.2) is 9.48 Å². The van der Waals surface area contributed by atoms with E-state index in [-0.39, 0.29) is 17.9 Å². The Balaban J connectivity index is 1.68. The zero-order chi connectivity index (χ0) is 21.0. The van der Waals surface area contributed by atoms with Gasteiger partial charge < -0.3 is 15.1 Å². The molecule has 1 aliphatic rings. The molecule has 1 aliphatic heterocycles. The number of aromatic nitrogens is 2. The molecule has 0 spiro atoms. The van der Waals surface area contributed by atoms with Crippen LogP contribution in [0.5, 0.6) is 0 Å². The van der Waals surface area contributed by atoms with Gasteiger partial charge in [-0.2, -0.15) is 5.10 Å². The zero-order valence-corrected chi connectivity index (χ0v) is 17.8. The second-order valence-electron chi connectivity index (χ2n) is 7.62. The standard InChI is InChI=1S/C22H31N5O2/c1-5-25(6-2)22(29)26-12-8-9-18(15-26)21(28)23-19-10-7-11-20(14-19)27-17(4)13-16(3)24-27/h7,10-11,13-14,18H,5-6,8-9,12,15H2,1-4H3,(H,23,28)/t18-/m0/s1. The second-order valence-corrected chi connectivity index (χ2v) is 7.62. The molecule has 2 aromatic rings. The second kappa shape index (κ2) is 9.11. The largest absolute Gasteiger partial charge is 0.326 e. The highest BCUT2D eigenvalue weighted by atomic mass is 16.2. The van der Waals surface area contributed by atoms with Crippen LogP contribution >= 0.6 is 0 Å². The molecule has 0 saturated carbocycles. The maximum absolute atomic E-state index is 12.9. The van der Waals surface area contributed by atoms with Crippen molar-refractivity contribution in [1.29, 1.82) is 0 Å². The van der Waals surface area contributed by atoms with E-state index in [1.165, 1.54) is 0 Å². The van der Waals surface area contributed by atoms with Crippen LogP contribution < -0.4 is 5.32 Å². The van der Waals surface area contributed by atoms with Gasteiger partial charge in [0, 0.05) is 37.6 Å². The molecule has 0 unspecified atom stereocenters. The SMILES string of the molecule is CCN(CC)C(=O)N1CCC[C@H](C(=O)Nc2cccc(-n3nc(C)cc3C)c2)C1. The van der Waals surface area contributed by atoms with Crippen molar-refractivity contribution in [3.8, 4) is 5.69 Å². The summed E-state index contributed by atoms with van der Waals surface area (Å²) in [7, 11) is 0. The lowest BCUT2D eigenvalue weighted by atomic mass is 9.97. The lowest BCUT2D eigenvalue weighted by molar-refractivity contribution is -0.121. The van der Waals surface area contributed by atoms with Gasteiger partial charge in [-0.05, 0) is 64.8 Å². The number of aryl methyl sites for hydroxylation is 2. The van der Waals surface area contributed by atoms with E-state index in [2.05, 4.69) is 10.4 Å². The average Bonchev–Trinajstić information content (AvgIpc) is 3.07. The number of piperidine rings is 1. The molecule has 1 fully saturated rings. The summed E-state index contributed by atoms with van der Waals surface area (Å²) in [6, 6.07) is 9.75. The van der Waals surface area contributed by atoms with Gasteiger partial charge in [0.15, 0.2) is 0 Å². The first-order valence-electron chi connectivity index (χ1n) is 10.4. The van der Waals surface area contributed by atoms with Crippen LogP contribution in [-0.2, 0) is 4.79 Å². The van der Waals surface area contributed by atoms with Gasteiger partial charge in [0.2, 0.25) is 5.91 Å². The van der Waals surface area contributed by atoms with Crippen molar-refractivity contribution in [2.24, 2.45) is 5.92 Å². The Morgan fingerprint density at radius 1 is 1.21 bits per heavy atom. The highest BCUT2D eigenvalue weighted by molar-refractivity contribution is 5.93. The quantitative estimate of drug-likeness (QED) is 0.838. The van der Waals surface area contributed by atoms with Gasteiger partial charge in [-0.1, -0.05) is 6.07 Å². The van der Waals surface area contributed by atoms with Crippen molar-refractivity contribution in [2.75, 3.05) is 31.5 Å². The third-order valence-corrected chi connectivity index (χ3v) is 5.46. The number of nitrogens with one attached hydrogen (secondary N) is 1. The molecule has 7 heteroatoms. The first-order chi connectivity index (χ1) is 13.9. The van der Waals surface area contributed by atoms with Crippen molar-refractivity contribution >= 4 is 17.6 Å². The molecule has 1 aromatic heterocycles. The number of rotatable bonds is 5. The van der Waals surface area contributed by atoms with Gasteiger partial charge in [0.1, 0.15) is 0 Å². The van der Waals surface area contributed by atoms with Gasteiger partial charge in [0.25, 0.3) is 0 Å². The first kappa shape index (κ1) is 20.9. The molecule has 1 atom stereocenters. The Bertz CT molecular complexity index is 872. The number of hydrogen-bond donors (Lipinski definition) is 1. The molecule has 0 aliphatic carbocycles. The molecule has 2 heterocycles. The normalized spacial score (nSPS) is 16.6. The minimum atomic E-state index is -0.194. The lowest BCUT2D eigenvalue weighted by Crippen LogP contribution is -2.49. The fourth-order valence-corrected chi connectivity index (χ4v) is 3.91. The Kier molecular flexibility index (Phi) is 6.56. The average molecular weight is 398 g/mol. The Hall–Kier alpha value is -2.83. The van der Waals surface area contributed by atoms with Crippen LogP contribution in [0, 0.1) is 19.8 Å². The van der Waals surface area contributed by atoms with E-state index < -0.39 is 0 Å². The maximum Gasteiger partial charge on any atom is 0.320 e. The van der Waals surface area contributed by atoms with E-state index in [1.54, 1.807) is 4.90 Å². The van der Waals surface area contributed by atoms with Crippen LogP contribution in [0.3, 0.4) is 0 Å². The number of benzene rings is 1. The van der Waals surface area contributed by atoms with Crippen molar-refractivity contribution in [3.05, 3.63) is 41.7 Å². The summed E-state index contributed by atoms with van der Waals surface area (Å²) in [6.07, 6.45) is 1.64. The number of nitrogens with zero attached hydrogens (tertiary/aromatic N) is 4. The van der Waals surface area contributed by atoms with Gasteiger partial charge in [-0.15, -0.1) is 0 Å². The van der Waals surface area contributed by atoms with E-state index in [0.29, 0.717) is 26.2 Å².